The summed E-state index contributed by atoms with van der Waals surface area (Å²) in [7, 11) is 0. The molecule has 2 N–H and O–H groups in total. The number of thioether (sulfide) groups is 1. The molecule has 0 fully saturated rings. The van der Waals surface area contributed by atoms with Gasteiger partial charge in [-0.1, -0.05) is 43.6 Å². The average molecular weight is 397 g/mol. The molecule has 0 saturated carbocycles. The lowest BCUT2D eigenvalue weighted by Crippen LogP contribution is -2.30. The van der Waals surface area contributed by atoms with Crippen LogP contribution >= 0.6 is 35.6 Å². The fourth-order valence-corrected chi connectivity index (χ4v) is 3.63. The summed E-state index contributed by atoms with van der Waals surface area (Å²) < 4.78 is 13.7. The van der Waals surface area contributed by atoms with Gasteiger partial charge in [0.15, 0.2) is 5.11 Å². The number of rotatable bonds is 7. The van der Waals surface area contributed by atoms with Crippen LogP contribution in [0.25, 0.3) is 0 Å². The van der Waals surface area contributed by atoms with Crippen molar-refractivity contribution in [1.82, 2.24) is 5.32 Å². The van der Waals surface area contributed by atoms with Crippen LogP contribution in [0.4, 0.5) is 10.1 Å². The first kappa shape index (κ1) is 20.0. The van der Waals surface area contributed by atoms with Gasteiger partial charge in [0.1, 0.15) is 5.82 Å². The lowest BCUT2D eigenvalue weighted by molar-refractivity contribution is 0.617. The van der Waals surface area contributed by atoms with Gasteiger partial charge in [-0.25, -0.2) is 4.39 Å². The Bertz CT molecular complexity index is 685. The van der Waals surface area contributed by atoms with Crippen molar-refractivity contribution in [3.05, 3.63) is 64.4 Å². The summed E-state index contributed by atoms with van der Waals surface area (Å²) in [6.45, 7) is 5.04. The maximum Gasteiger partial charge on any atom is 0.170 e. The Morgan fingerprint density at radius 3 is 2.56 bits per heavy atom. The highest BCUT2D eigenvalue weighted by molar-refractivity contribution is 7.98. The average Bonchev–Trinajstić information content (AvgIpc) is 2.57. The second-order valence-electron chi connectivity index (χ2n) is 5.91. The van der Waals surface area contributed by atoms with E-state index in [4.69, 9.17) is 23.8 Å². The molecule has 2 rings (SSSR count). The van der Waals surface area contributed by atoms with Gasteiger partial charge in [-0.05, 0) is 48.0 Å². The second-order valence-corrected chi connectivity index (χ2v) is 7.83. The Balaban J connectivity index is 1.68. The van der Waals surface area contributed by atoms with Gasteiger partial charge in [0.05, 0.1) is 0 Å². The number of nitrogens with one attached hydrogen (secondary N) is 2. The maximum absolute atomic E-state index is 13.7. The smallest absolute Gasteiger partial charge is 0.170 e. The van der Waals surface area contributed by atoms with Gasteiger partial charge in [0.25, 0.3) is 0 Å². The summed E-state index contributed by atoms with van der Waals surface area (Å²) in [5.74, 6) is 1.61. The summed E-state index contributed by atoms with van der Waals surface area (Å²) in [5, 5.41) is 7.38. The van der Waals surface area contributed by atoms with Crippen molar-refractivity contribution < 1.29 is 4.39 Å². The van der Waals surface area contributed by atoms with E-state index >= 15 is 0 Å². The summed E-state index contributed by atoms with van der Waals surface area (Å²) in [6.07, 6.45) is 0. The van der Waals surface area contributed by atoms with Gasteiger partial charge in [-0.3, -0.25) is 0 Å². The topological polar surface area (TPSA) is 24.1 Å². The molecular formula is C19H22ClFN2S2. The van der Waals surface area contributed by atoms with E-state index in [1.165, 1.54) is 11.6 Å². The normalized spacial score (nSPS) is 10.8. The molecule has 0 aromatic heterocycles. The monoisotopic (exact) mass is 396 g/mol. The quantitative estimate of drug-likeness (QED) is 0.454. The lowest BCUT2D eigenvalue weighted by Gasteiger charge is -2.12. The van der Waals surface area contributed by atoms with E-state index in [9.17, 15) is 4.39 Å². The van der Waals surface area contributed by atoms with Gasteiger partial charge < -0.3 is 10.6 Å². The van der Waals surface area contributed by atoms with Gasteiger partial charge in [0.2, 0.25) is 0 Å². The van der Waals surface area contributed by atoms with E-state index in [0.717, 1.165) is 11.4 Å². The van der Waals surface area contributed by atoms with Gasteiger partial charge in [-0.15, -0.1) is 0 Å². The maximum atomic E-state index is 13.7. The fourth-order valence-electron chi connectivity index (χ4n) is 2.21. The number of hydrogen-bond donors (Lipinski definition) is 2. The molecule has 0 unspecified atom stereocenters. The van der Waals surface area contributed by atoms with Crippen molar-refractivity contribution >= 4 is 46.4 Å². The van der Waals surface area contributed by atoms with Crippen LogP contribution in [-0.4, -0.2) is 17.4 Å². The van der Waals surface area contributed by atoms with Crippen LogP contribution in [0.3, 0.4) is 0 Å². The van der Waals surface area contributed by atoms with Gasteiger partial charge >= 0.3 is 0 Å². The predicted molar refractivity (Wildman–Crippen MR) is 112 cm³/mol. The third-order valence-electron chi connectivity index (χ3n) is 3.68. The van der Waals surface area contributed by atoms with E-state index in [1.54, 1.807) is 23.9 Å². The molecule has 0 heterocycles. The first-order valence-corrected chi connectivity index (χ1v) is 10.1. The molecule has 25 heavy (non-hydrogen) atoms. The zero-order valence-corrected chi connectivity index (χ0v) is 16.7. The van der Waals surface area contributed by atoms with Crippen LogP contribution in [0, 0.1) is 5.82 Å². The Labute approximate surface area is 163 Å². The minimum atomic E-state index is -0.255. The largest absolute Gasteiger partial charge is 0.362 e. The highest BCUT2D eigenvalue weighted by Gasteiger charge is 2.06. The third-order valence-corrected chi connectivity index (χ3v) is 5.26. The fraction of sp³-hybridized carbons (Fsp3) is 0.316. The lowest BCUT2D eigenvalue weighted by atomic mass is 10.0. The second kappa shape index (κ2) is 10.00. The highest BCUT2D eigenvalue weighted by Crippen LogP contribution is 2.23. The molecule has 0 amide bonds. The molecule has 2 aromatic carbocycles. The van der Waals surface area contributed by atoms with E-state index in [-0.39, 0.29) is 5.82 Å². The standard InChI is InChI=1S/C19H22ClFN2S2/c1-13(2)14-6-8-15(9-7-14)23-19(24)22-10-11-25-12-16-17(20)4-3-5-18(16)21/h3-9,13H,10-12H2,1-2H3,(H2,22,23,24). The number of anilines is 1. The van der Waals surface area contributed by atoms with Gasteiger partial charge in [-0.2, -0.15) is 11.8 Å². The molecular weight excluding hydrogens is 375 g/mol. The van der Waals surface area contributed by atoms with Crippen molar-refractivity contribution in [2.75, 3.05) is 17.6 Å². The molecule has 0 saturated heterocycles. The Hall–Kier alpha value is -1.30. The Kier molecular flexibility index (Phi) is 8.00. The predicted octanol–water partition coefficient (Wildman–Crippen LogP) is 5.82. The zero-order chi connectivity index (χ0) is 18.2. The van der Waals surface area contributed by atoms with Crippen LogP contribution in [0.5, 0.6) is 0 Å². The molecule has 0 bridgehead atoms. The molecule has 0 radical (unpaired) electrons. The molecule has 6 heteroatoms. The van der Waals surface area contributed by atoms with Crippen molar-refractivity contribution in [2.45, 2.75) is 25.5 Å². The molecule has 2 nitrogen and oxygen atoms in total. The van der Waals surface area contributed by atoms with Crippen LogP contribution in [0.2, 0.25) is 5.02 Å². The molecule has 134 valence electrons. The number of benzene rings is 2. The van der Waals surface area contributed by atoms with E-state index in [0.29, 0.717) is 33.9 Å². The van der Waals surface area contributed by atoms with Crippen LogP contribution in [0.15, 0.2) is 42.5 Å². The van der Waals surface area contributed by atoms with Crippen molar-refractivity contribution in [1.29, 1.82) is 0 Å². The first-order chi connectivity index (χ1) is 12.0. The molecule has 0 atom stereocenters. The Morgan fingerprint density at radius 1 is 1.20 bits per heavy atom. The number of hydrogen-bond acceptors (Lipinski definition) is 2. The first-order valence-electron chi connectivity index (χ1n) is 8.13. The van der Waals surface area contributed by atoms with E-state index in [1.807, 2.05) is 12.1 Å². The summed E-state index contributed by atoms with van der Waals surface area (Å²) in [4.78, 5) is 0. The van der Waals surface area contributed by atoms with Crippen LogP contribution in [0.1, 0.15) is 30.9 Å². The van der Waals surface area contributed by atoms with E-state index < -0.39 is 0 Å². The van der Waals surface area contributed by atoms with Crippen LogP contribution in [-0.2, 0) is 5.75 Å². The van der Waals surface area contributed by atoms with Crippen molar-refractivity contribution in [3.8, 4) is 0 Å². The third kappa shape index (κ3) is 6.49. The summed E-state index contributed by atoms with van der Waals surface area (Å²) in [6, 6.07) is 13.0. The molecule has 2 aromatic rings. The van der Waals surface area contributed by atoms with Gasteiger partial charge in [0, 0.05) is 34.3 Å². The molecule has 0 aliphatic carbocycles. The van der Waals surface area contributed by atoms with Crippen molar-refractivity contribution in [3.63, 3.8) is 0 Å². The van der Waals surface area contributed by atoms with Crippen LogP contribution < -0.4 is 10.6 Å². The SMILES string of the molecule is CC(C)c1ccc(NC(=S)NCCSCc2c(F)cccc2Cl)cc1. The molecule has 0 spiro atoms. The van der Waals surface area contributed by atoms with Crippen molar-refractivity contribution in [2.24, 2.45) is 0 Å². The zero-order valence-electron chi connectivity index (χ0n) is 14.3. The summed E-state index contributed by atoms with van der Waals surface area (Å²) in [5.41, 5.74) is 2.82. The number of halogens is 2. The highest BCUT2D eigenvalue weighted by atomic mass is 35.5. The molecule has 0 aliphatic heterocycles. The number of thiocarbonyl (C=S) groups is 1. The Morgan fingerprint density at radius 2 is 1.92 bits per heavy atom. The minimum Gasteiger partial charge on any atom is -0.362 e. The summed E-state index contributed by atoms with van der Waals surface area (Å²) >= 11 is 12.9. The van der Waals surface area contributed by atoms with E-state index in [2.05, 4.69) is 36.6 Å². The minimum absolute atomic E-state index is 0.255. The molecule has 0 aliphatic rings.